The monoisotopic (exact) mass is 210 g/mol. The average Bonchev–Trinajstić information content (AvgIpc) is 2.78. The molecule has 1 aliphatic carbocycles. The van der Waals surface area contributed by atoms with Crippen LogP contribution in [0.3, 0.4) is 0 Å². The number of Topliss-reactive ketones (excluding diaryl/α,β-unsaturated/α-hetero) is 1. The Labute approximate surface area is 90.4 Å². The first-order valence-electron chi connectivity index (χ1n) is 5.50. The summed E-state index contributed by atoms with van der Waals surface area (Å²) in [6.45, 7) is 7.44. The van der Waals surface area contributed by atoms with Crippen LogP contribution in [0.5, 0.6) is 0 Å². The number of ketones is 1. The van der Waals surface area contributed by atoms with Gasteiger partial charge in [0.05, 0.1) is 13.2 Å². The summed E-state index contributed by atoms with van der Waals surface area (Å²) in [5.41, 5.74) is 1.95. The zero-order valence-electron chi connectivity index (χ0n) is 9.63. The highest BCUT2D eigenvalue weighted by Gasteiger charge is 2.40. The van der Waals surface area contributed by atoms with Crippen molar-refractivity contribution < 1.29 is 14.3 Å². The molecule has 0 saturated carbocycles. The maximum absolute atomic E-state index is 11.5. The summed E-state index contributed by atoms with van der Waals surface area (Å²) in [6.07, 6.45) is 1.33. The molecule has 0 radical (unpaired) electrons. The third kappa shape index (κ3) is 1.74. The van der Waals surface area contributed by atoms with Crippen LogP contribution >= 0.6 is 0 Å². The van der Waals surface area contributed by atoms with Crippen molar-refractivity contribution in [3.63, 3.8) is 0 Å². The molecule has 3 heteroatoms. The summed E-state index contributed by atoms with van der Waals surface area (Å²) in [5, 5.41) is 0. The van der Waals surface area contributed by atoms with Gasteiger partial charge in [-0.15, -0.1) is 0 Å². The molecule has 0 aromatic rings. The molecule has 15 heavy (non-hydrogen) atoms. The Bertz CT molecular complexity index is 309. The maximum atomic E-state index is 11.5. The summed E-state index contributed by atoms with van der Waals surface area (Å²) in [7, 11) is 0. The smallest absolute Gasteiger partial charge is 0.166 e. The lowest BCUT2D eigenvalue weighted by molar-refractivity contribution is -0.114. The van der Waals surface area contributed by atoms with Gasteiger partial charge in [-0.3, -0.25) is 4.79 Å². The van der Waals surface area contributed by atoms with Crippen LogP contribution in [0.15, 0.2) is 11.1 Å². The molecule has 0 spiro atoms. The summed E-state index contributed by atoms with van der Waals surface area (Å²) >= 11 is 0. The van der Waals surface area contributed by atoms with Crippen molar-refractivity contribution in [1.29, 1.82) is 0 Å². The molecule has 0 N–H and O–H groups in total. The van der Waals surface area contributed by atoms with Crippen LogP contribution < -0.4 is 0 Å². The molecule has 0 unspecified atom stereocenters. The molecule has 0 atom stereocenters. The first-order chi connectivity index (χ1) is 7.03. The Morgan fingerprint density at radius 2 is 1.80 bits per heavy atom. The highest BCUT2D eigenvalue weighted by atomic mass is 16.7. The Morgan fingerprint density at radius 3 is 2.27 bits per heavy atom. The van der Waals surface area contributed by atoms with Crippen molar-refractivity contribution in [2.24, 2.45) is 5.41 Å². The van der Waals surface area contributed by atoms with Crippen molar-refractivity contribution in [2.45, 2.75) is 39.9 Å². The molecule has 0 aromatic carbocycles. The Morgan fingerprint density at radius 1 is 1.20 bits per heavy atom. The molecular formula is C12H18O3. The molecular weight excluding hydrogens is 192 g/mol. The van der Waals surface area contributed by atoms with E-state index in [1.54, 1.807) is 0 Å². The van der Waals surface area contributed by atoms with Gasteiger partial charge in [0, 0.05) is 11.8 Å². The summed E-state index contributed by atoms with van der Waals surface area (Å²) in [5.74, 6) is 0.274. The van der Waals surface area contributed by atoms with Crippen LogP contribution in [0.25, 0.3) is 0 Å². The number of allylic oxidation sites excluding steroid dienone is 1. The third-order valence-corrected chi connectivity index (χ3v) is 3.46. The van der Waals surface area contributed by atoms with Crippen LogP contribution in [-0.4, -0.2) is 25.3 Å². The zero-order chi connectivity index (χ0) is 11.1. The van der Waals surface area contributed by atoms with Gasteiger partial charge < -0.3 is 9.47 Å². The summed E-state index contributed by atoms with van der Waals surface area (Å²) < 4.78 is 11.1. The van der Waals surface area contributed by atoms with Gasteiger partial charge in [0.2, 0.25) is 0 Å². The standard InChI is InChI=1S/C12H18O3/c1-8-9(4-5-10(8)13)12(2,3)11-14-6-7-15-11/h11H,4-7H2,1-3H3. The van der Waals surface area contributed by atoms with Crippen molar-refractivity contribution in [2.75, 3.05) is 13.2 Å². The molecule has 2 rings (SSSR count). The molecule has 1 fully saturated rings. The minimum atomic E-state index is -0.187. The lowest BCUT2D eigenvalue weighted by Crippen LogP contribution is -2.32. The SMILES string of the molecule is CC1=C(C(C)(C)C2OCCO2)CCC1=O. The minimum absolute atomic E-state index is 0.174. The van der Waals surface area contributed by atoms with Gasteiger partial charge in [0.15, 0.2) is 12.1 Å². The number of carbonyl (C=O) groups is 1. The van der Waals surface area contributed by atoms with Gasteiger partial charge in [-0.2, -0.15) is 0 Å². The van der Waals surface area contributed by atoms with Crippen molar-refractivity contribution in [3.05, 3.63) is 11.1 Å². The Balaban J connectivity index is 2.25. The van der Waals surface area contributed by atoms with Gasteiger partial charge >= 0.3 is 0 Å². The largest absolute Gasteiger partial charge is 0.349 e. The van der Waals surface area contributed by atoms with E-state index in [1.165, 1.54) is 5.57 Å². The lowest BCUT2D eigenvalue weighted by Gasteiger charge is -2.32. The predicted octanol–water partition coefficient (Wildman–Crippen LogP) is 2.06. The van der Waals surface area contributed by atoms with Crippen LogP contribution in [0, 0.1) is 5.41 Å². The van der Waals surface area contributed by atoms with Crippen molar-refractivity contribution in [1.82, 2.24) is 0 Å². The van der Waals surface area contributed by atoms with E-state index >= 15 is 0 Å². The van der Waals surface area contributed by atoms with Gasteiger partial charge in [0.1, 0.15) is 0 Å². The lowest BCUT2D eigenvalue weighted by atomic mass is 9.81. The van der Waals surface area contributed by atoms with Crippen LogP contribution in [0.1, 0.15) is 33.6 Å². The average molecular weight is 210 g/mol. The normalized spacial score (nSPS) is 24.3. The molecule has 2 aliphatic rings. The summed E-state index contributed by atoms with van der Waals surface area (Å²) in [6, 6.07) is 0. The number of carbonyl (C=O) groups excluding carboxylic acids is 1. The quantitative estimate of drug-likeness (QED) is 0.700. The van der Waals surface area contributed by atoms with Crippen molar-refractivity contribution in [3.8, 4) is 0 Å². The molecule has 3 nitrogen and oxygen atoms in total. The molecule has 0 amide bonds. The second-order valence-corrected chi connectivity index (χ2v) is 4.82. The molecule has 1 heterocycles. The van der Waals surface area contributed by atoms with Gasteiger partial charge in [0.25, 0.3) is 0 Å². The van der Waals surface area contributed by atoms with Gasteiger partial charge in [-0.25, -0.2) is 0 Å². The molecule has 84 valence electrons. The van der Waals surface area contributed by atoms with Crippen molar-refractivity contribution >= 4 is 5.78 Å². The van der Waals surface area contributed by atoms with E-state index in [4.69, 9.17) is 9.47 Å². The first-order valence-corrected chi connectivity index (χ1v) is 5.50. The van der Waals surface area contributed by atoms with Crippen LogP contribution in [-0.2, 0) is 14.3 Å². The predicted molar refractivity (Wildman–Crippen MR) is 56.4 cm³/mol. The third-order valence-electron chi connectivity index (χ3n) is 3.46. The molecule has 0 aromatic heterocycles. The number of hydrogen-bond acceptors (Lipinski definition) is 3. The fourth-order valence-electron chi connectivity index (χ4n) is 2.50. The van der Waals surface area contributed by atoms with E-state index in [1.807, 2.05) is 6.92 Å². The van der Waals surface area contributed by atoms with E-state index in [2.05, 4.69) is 13.8 Å². The Hall–Kier alpha value is -0.670. The number of ether oxygens (including phenoxy) is 2. The van der Waals surface area contributed by atoms with E-state index in [0.29, 0.717) is 19.6 Å². The van der Waals surface area contributed by atoms with Gasteiger partial charge in [-0.05, 0) is 18.9 Å². The first kappa shape index (κ1) is 10.8. The van der Waals surface area contributed by atoms with E-state index in [-0.39, 0.29) is 17.5 Å². The number of rotatable bonds is 2. The number of hydrogen-bond donors (Lipinski definition) is 0. The van der Waals surface area contributed by atoms with E-state index < -0.39 is 0 Å². The Kier molecular flexibility index (Phi) is 2.69. The van der Waals surface area contributed by atoms with Crippen LogP contribution in [0.2, 0.25) is 0 Å². The highest BCUT2D eigenvalue weighted by Crippen LogP contribution is 2.42. The second kappa shape index (κ2) is 3.72. The van der Waals surface area contributed by atoms with E-state index in [0.717, 1.165) is 12.0 Å². The van der Waals surface area contributed by atoms with E-state index in [9.17, 15) is 4.79 Å². The van der Waals surface area contributed by atoms with Gasteiger partial charge in [-0.1, -0.05) is 19.4 Å². The molecule has 1 aliphatic heterocycles. The molecule has 0 bridgehead atoms. The topological polar surface area (TPSA) is 35.5 Å². The summed E-state index contributed by atoms with van der Waals surface area (Å²) in [4.78, 5) is 11.5. The minimum Gasteiger partial charge on any atom is -0.349 e. The second-order valence-electron chi connectivity index (χ2n) is 4.82. The molecule has 1 saturated heterocycles. The zero-order valence-corrected chi connectivity index (χ0v) is 9.63. The van der Waals surface area contributed by atoms with Crippen LogP contribution in [0.4, 0.5) is 0 Å². The fourth-order valence-corrected chi connectivity index (χ4v) is 2.50. The highest BCUT2D eigenvalue weighted by molar-refractivity contribution is 5.98. The maximum Gasteiger partial charge on any atom is 0.166 e. The fraction of sp³-hybridized carbons (Fsp3) is 0.750.